The largest absolute Gasteiger partial charge is 0.491 e. The summed E-state index contributed by atoms with van der Waals surface area (Å²) >= 11 is 1.38. The summed E-state index contributed by atoms with van der Waals surface area (Å²) in [6.45, 7) is 5.90. The Morgan fingerprint density at radius 1 is 1.24 bits per heavy atom. The summed E-state index contributed by atoms with van der Waals surface area (Å²) in [5.41, 5.74) is 1.37. The maximum absolute atomic E-state index is 12.4. The molecule has 0 bridgehead atoms. The lowest BCUT2D eigenvalue weighted by atomic mass is 10.1. The van der Waals surface area contributed by atoms with E-state index in [0.717, 1.165) is 11.3 Å². The number of carbonyl (C=O) groups excluding carboxylic acids is 1. The fourth-order valence-corrected chi connectivity index (χ4v) is 3.14. The summed E-state index contributed by atoms with van der Waals surface area (Å²) in [5.74, 6) is 1.25. The third-order valence-electron chi connectivity index (χ3n) is 3.55. The van der Waals surface area contributed by atoms with Crippen LogP contribution in [0, 0.1) is 0 Å². The second kappa shape index (κ2) is 7.53. The van der Waals surface area contributed by atoms with E-state index in [1.165, 1.54) is 11.3 Å². The normalized spacial score (nSPS) is 12.2. The number of hydrogen-bond acceptors (Lipinski definition) is 5. The highest BCUT2D eigenvalue weighted by Crippen LogP contribution is 2.25. The molecule has 0 radical (unpaired) electrons. The Kier molecular flexibility index (Phi) is 5.19. The number of ether oxygens (including phenoxy) is 1. The highest BCUT2D eigenvalue weighted by molar-refractivity contribution is 7.13. The van der Waals surface area contributed by atoms with Gasteiger partial charge in [-0.3, -0.25) is 4.79 Å². The number of thiazole rings is 1. The number of furan rings is 1. The van der Waals surface area contributed by atoms with Gasteiger partial charge in [0.2, 0.25) is 0 Å². The standard InChI is InChI=1S/C19H20N2O3S/c1-12(2)24-15-7-4-6-14(10-15)13(3)20-18(22)16-11-25-19(21-16)17-8-5-9-23-17/h4-13H,1-3H3,(H,20,22). The molecule has 3 aromatic rings. The van der Waals surface area contributed by atoms with Crippen LogP contribution in [-0.2, 0) is 0 Å². The smallest absolute Gasteiger partial charge is 0.271 e. The zero-order chi connectivity index (χ0) is 17.8. The molecule has 0 aliphatic carbocycles. The van der Waals surface area contributed by atoms with Crippen molar-refractivity contribution >= 4 is 17.2 Å². The number of carbonyl (C=O) groups is 1. The molecule has 5 nitrogen and oxygen atoms in total. The van der Waals surface area contributed by atoms with Gasteiger partial charge < -0.3 is 14.5 Å². The highest BCUT2D eigenvalue weighted by atomic mass is 32.1. The predicted octanol–water partition coefficient (Wildman–Crippen LogP) is 4.68. The van der Waals surface area contributed by atoms with Crippen molar-refractivity contribution in [2.24, 2.45) is 0 Å². The van der Waals surface area contributed by atoms with Crippen LogP contribution in [0.3, 0.4) is 0 Å². The number of nitrogens with one attached hydrogen (secondary N) is 1. The Balaban J connectivity index is 1.68. The molecule has 1 aromatic carbocycles. The summed E-state index contributed by atoms with van der Waals surface area (Å²) in [5, 5.41) is 5.39. The molecule has 0 aliphatic heterocycles. The average molecular weight is 356 g/mol. The van der Waals surface area contributed by atoms with E-state index in [1.807, 2.05) is 51.1 Å². The van der Waals surface area contributed by atoms with Crippen LogP contribution in [0.1, 0.15) is 42.9 Å². The number of aromatic nitrogens is 1. The van der Waals surface area contributed by atoms with Gasteiger partial charge in [0.15, 0.2) is 10.8 Å². The number of hydrogen-bond donors (Lipinski definition) is 1. The van der Waals surface area contributed by atoms with Crippen LogP contribution < -0.4 is 10.1 Å². The Hall–Kier alpha value is -2.60. The third-order valence-corrected chi connectivity index (χ3v) is 4.40. The molecule has 1 unspecified atom stereocenters. The molecule has 2 heterocycles. The third kappa shape index (κ3) is 4.28. The lowest BCUT2D eigenvalue weighted by Gasteiger charge is -2.16. The van der Waals surface area contributed by atoms with E-state index >= 15 is 0 Å². The molecule has 1 N–H and O–H groups in total. The van der Waals surface area contributed by atoms with E-state index in [4.69, 9.17) is 9.15 Å². The molecule has 0 saturated heterocycles. The first-order chi connectivity index (χ1) is 12.0. The van der Waals surface area contributed by atoms with Gasteiger partial charge in [0.1, 0.15) is 11.4 Å². The zero-order valence-electron chi connectivity index (χ0n) is 14.4. The van der Waals surface area contributed by atoms with Gasteiger partial charge >= 0.3 is 0 Å². The number of benzene rings is 1. The maximum atomic E-state index is 12.4. The molecule has 0 saturated carbocycles. The van der Waals surface area contributed by atoms with E-state index in [9.17, 15) is 4.79 Å². The van der Waals surface area contributed by atoms with Gasteiger partial charge in [-0.25, -0.2) is 4.98 Å². The van der Waals surface area contributed by atoms with E-state index < -0.39 is 0 Å². The Morgan fingerprint density at radius 2 is 2.08 bits per heavy atom. The monoisotopic (exact) mass is 356 g/mol. The van der Waals surface area contributed by atoms with Crippen LogP contribution in [0.25, 0.3) is 10.8 Å². The average Bonchev–Trinajstić information content (AvgIpc) is 3.25. The summed E-state index contributed by atoms with van der Waals surface area (Å²) in [4.78, 5) is 16.8. The molecule has 0 aliphatic rings. The topological polar surface area (TPSA) is 64.4 Å². The Bertz CT molecular complexity index is 840. The Morgan fingerprint density at radius 3 is 2.80 bits per heavy atom. The lowest BCUT2D eigenvalue weighted by Crippen LogP contribution is -2.26. The summed E-state index contributed by atoms with van der Waals surface area (Å²) in [7, 11) is 0. The van der Waals surface area contributed by atoms with Crippen LogP contribution in [0.15, 0.2) is 52.5 Å². The van der Waals surface area contributed by atoms with Crippen molar-refractivity contribution in [3.8, 4) is 16.5 Å². The van der Waals surface area contributed by atoms with Crippen LogP contribution in [-0.4, -0.2) is 17.0 Å². The van der Waals surface area contributed by atoms with Crippen LogP contribution in [0.5, 0.6) is 5.75 Å². The molecular formula is C19H20N2O3S. The van der Waals surface area contributed by atoms with Gasteiger partial charge in [0, 0.05) is 5.38 Å². The van der Waals surface area contributed by atoms with E-state index in [0.29, 0.717) is 16.5 Å². The van der Waals surface area contributed by atoms with Gasteiger partial charge in [0.25, 0.3) is 5.91 Å². The van der Waals surface area contributed by atoms with Crippen molar-refractivity contribution in [3.63, 3.8) is 0 Å². The second-order valence-electron chi connectivity index (χ2n) is 5.95. The van der Waals surface area contributed by atoms with Crippen molar-refractivity contribution in [1.82, 2.24) is 10.3 Å². The van der Waals surface area contributed by atoms with E-state index in [1.54, 1.807) is 17.7 Å². The van der Waals surface area contributed by atoms with Gasteiger partial charge in [-0.15, -0.1) is 11.3 Å². The first-order valence-corrected chi connectivity index (χ1v) is 8.98. The predicted molar refractivity (Wildman–Crippen MR) is 97.9 cm³/mol. The van der Waals surface area contributed by atoms with Crippen molar-refractivity contribution in [3.05, 3.63) is 59.3 Å². The van der Waals surface area contributed by atoms with E-state index in [2.05, 4.69) is 10.3 Å². The van der Waals surface area contributed by atoms with Gasteiger partial charge in [0.05, 0.1) is 18.4 Å². The molecule has 2 aromatic heterocycles. The van der Waals surface area contributed by atoms with Crippen LogP contribution in [0.2, 0.25) is 0 Å². The minimum absolute atomic E-state index is 0.107. The minimum atomic E-state index is -0.211. The molecule has 3 rings (SSSR count). The molecule has 0 spiro atoms. The maximum Gasteiger partial charge on any atom is 0.271 e. The lowest BCUT2D eigenvalue weighted by molar-refractivity contribution is 0.0935. The van der Waals surface area contributed by atoms with Crippen molar-refractivity contribution in [2.75, 3.05) is 0 Å². The highest BCUT2D eigenvalue weighted by Gasteiger charge is 2.16. The minimum Gasteiger partial charge on any atom is -0.491 e. The van der Waals surface area contributed by atoms with Crippen molar-refractivity contribution < 1.29 is 13.9 Å². The van der Waals surface area contributed by atoms with E-state index in [-0.39, 0.29) is 18.1 Å². The molecular weight excluding hydrogens is 336 g/mol. The fourth-order valence-electron chi connectivity index (χ4n) is 2.37. The molecule has 0 fully saturated rings. The fraction of sp³-hybridized carbons (Fsp3) is 0.263. The molecule has 130 valence electrons. The molecule has 1 amide bonds. The number of amides is 1. The quantitative estimate of drug-likeness (QED) is 0.696. The second-order valence-corrected chi connectivity index (χ2v) is 6.81. The van der Waals surface area contributed by atoms with Crippen molar-refractivity contribution in [1.29, 1.82) is 0 Å². The summed E-state index contributed by atoms with van der Waals surface area (Å²) in [6, 6.07) is 11.2. The first kappa shape index (κ1) is 17.2. The first-order valence-electron chi connectivity index (χ1n) is 8.10. The van der Waals surface area contributed by atoms with Gasteiger partial charge in [-0.1, -0.05) is 12.1 Å². The summed E-state index contributed by atoms with van der Waals surface area (Å²) in [6.07, 6.45) is 1.69. The zero-order valence-corrected chi connectivity index (χ0v) is 15.2. The van der Waals surface area contributed by atoms with Crippen LogP contribution >= 0.6 is 11.3 Å². The number of rotatable bonds is 6. The van der Waals surface area contributed by atoms with Crippen LogP contribution in [0.4, 0.5) is 0 Å². The molecule has 25 heavy (non-hydrogen) atoms. The van der Waals surface area contributed by atoms with Gasteiger partial charge in [-0.2, -0.15) is 0 Å². The molecule has 6 heteroatoms. The SMILES string of the molecule is CC(C)Oc1cccc(C(C)NC(=O)c2csc(-c3ccco3)n2)c1. The summed E-state index contributed by atoms with van der Waals surface area (Å²) < 4.78 is 11.0. The van der Waals surface area contributed by atoms with Crippen molar-refractivity contribution in [2.45, 2.75) is 32.9 Å². The Labute approximate surface area is 150 Å². The van der Waals surface area contributed by atoms with Gasteiger partial charge in [-0.05, 0) is 50.6 Å². The molecule has 1 atom stereocenters. The number of nitrogens with zero attached hydrogens (tertiary/aromatic N) is 1.